The third-order valence-corrected chi connectivity index (χ3v) is 5.24. The molecular weight excluding hydrogens is 280 g/mol. The van der Waals surface area contributed by atoms with E-state index in [0.29, 0.717) is 0 Å². The van der Waals surface area contributed by atoms with Gasteiger partial charge in [-0.15, -0.1) is 0 Å². The van der Waals surface area contributed by atoms with E-state index in [1.54, 1.807) is 0 Å². The zero-order chi connectivity index (χ0) is 15.0. The summed E-state index contributed by atoms with van der Waals surface area (Å²) in [5, 5.41) is 1.95. The van der Waals surface area contributed by atoms with Gasteiger partial charge in [-0.05, 0) is 56.4 Å². The van der Waals surface area contributed by atoms with Crippen molar-refractivity contribution < 1.29 is 0 Å². The Morgan fingerprint density at radius 1 is 1.19 bits per heavy atom. The second kappa shape index (κ2) is 5.68. The monoisotopic (exact) mass is 302 g/mol. The minimum atomic E-state index is 0.158. The maximum Gasteiger partial charge on any atom is 0.307 e. The Kier molecular flexibility index (Phi) is 3.89. The van der Waals surface area contributed by atoms with Crippen LogP contribution >= 0.6 is 11.3 Å². The molecular formula is C17H22N2OS. The van der Waals surface area contributed by atoms with Gasteiger partial charge in [-0.2, -0.15) is 0 Å². The summed E-state index contributed by atoms with van der Waals surface area (Å²) < 4.78 is 1.89. The fourth-order valence-electron chi connectivity index (χ4n) is 3.28. The molecule has 1 aliphatic rings. The van der Waals surface area contributed by atoms with E-state index >= 15 is 0 Å². The van der Waals surface area contributed by atoms with Crippen molar-refractivity contribution in [3.63, 3.8) is 0 Å². The third-order valence-electron chi connectivity index (χ3n) is 4.36. The van der Waals surface area contributed by atoms with E-state index in [9.17, 15) is 4.79 Å². The molecule has 21 heavy (non-hydrogen) atoms. The molecule has 0 spiro atoms. The average molecular weight is 302 g/mol. The zero-order valence-electron chi connectivity index (χ0n) is 13.0. The van der Waals surface area contributed by atoms with Crippen LogP contribution < -0.4 is 9.77 Å². The van der Waals surface area contributed by atoms with Crippen molar-refractivity contribution in [1.82, 2.24) is 4.57 Å². The lowest BCUT2D eigenvalue weighted by Gasteiger charge is -2.33. The zero-order valence-corrected chi connectivity index (χ0v) is 13.8. The summed E-state index contributed by atoms with van der Waals surface area (Å²) in [6, 6.07) is 4.57. The number of nitrogens with zero attached hydrogens (tertiary/aromatic N) is 2. The van der Waals surface area contributed by atoms with Crippen LogP contribution in [-0.4, -0.2) is 17.7 Å². The van der Waals surface area contributed by atoms with E-state index in [1.807, 2.05) is 16.9 Å². The number of fused-ring (bicyclic) bond motifs is 1. The SMILES string of the molecule is Cc1cc(C)c2c(c1)N(CCn1c(C)csc1=O)CCC2. The summed E-state index contributed by atoms with van der Waals surface area (Å²) in [5.41, 5.74) is 6.66. The van der Waals surface area contributed by atoms with Gasteiger partial charge in [0.05, 0.1) is 0 Å². The molecule has 0 saturated heterocycles. The predicted molar refractivity (Wildman–Crippen MR) is 89.8 cm³/mol. The quantitative estimate of drug-likeness (QED) is 0.869. The van der Waals surface area contributed by atoms with Gasteiger partial charge in [-0.25, -0.2) is 0 Å². The van der Waals surface area contributed by atoms with Gasteiger partial charge >= 0.3 is 4.87 Å². The molecule has 2 heterocycles. The van der Waals surface area contributed by atoms with Gasteiger partial charge < -0.3 is 9.47 Å². The lowest BCUT2D eigenvalue weighted by atomic mass is 9.95. The van der Waals surface area contributed by atoms with Gasteiger partial charge in [0, 0.05) is 36.4 Å². The molecule has 0 bridgehead atoms. The molecule has 2 aromatic rings. The Hall–Kier alpha value is -1.55. The molecule has 0 amide bonds. The van der Waals surface area contributed by atoms with Crippen LogP contribution in [0.1, 0.15) is 28.8 Å². The number of rotatable bonds is 3. The molecule has 0 N–H and O–H groups in total. The second-order valence-corrected chi connectivity index (χ2v) is 6.79. The maximum absolute atomic E-state index is 11.8. The highest BCUT2D eigenvalue weighted by molar-refractivity contribution is 7.07. The van der Waals surface area contributed by atoms with Crippen molar-refractivity contribution >= 4 is 17.0 Å². The van der Waals surface area contributed by atoms with Crippen LogP contribution in [0.4, 0.5) is 5.69 Å². The van der Waals surface area contributed by atoms with Crippen molar-refractivity contribution in [2.45, 2.75) is 40.2 Å². The number of benzene rings is 1. The molecule has 0 saturated carbocycles. The number of aromatic nitrogens is 1. The molecule has 0 unspecified atom stereocenters. The fourth-order valence-corrected chi connectivity index (χ4v) is 4.04. The topological polar surface area (TPSA) is 25.2 Å². The number of thiazole rings is 1. The minimum Gasteiger partial charge on any atom is -0.369 e. The summed E-state index contributed by atoms with van der Waals surface area (Å²) in [7, 11) is 0. The maximum atomic E-state index is 11.8. The van der Waals surface area contributed by atoms with Crippen LogP contribution in [0.5, 0.6) is 0 Å². The molecule has 1 aromatic carbocycles. The normalized spacial score (nSPS) is 14.3. The summed E-state index contributed by atoms with van der Waals surface area (Å²) >= 11 is 1.30. The van der Waals surface area contributed by atoms with Crippen molar-refractivity contribution in [2.75, 3.05) is 18.0 Å². The Balaban J connectivity index is 1.84. The number of anilines is 1. The fraction of sp³-hybridized carbons (Fsp3) is 0.471. The highest BCUT2D eigenvalue weighted by Crippen LogP contribution is 2.30. The van der Waals surface area contributed by atoms with Crippen molar-refractivity contribution in [1.29, 1.82) is 0 Å². The Morgan fingerprint density at radius 2 is 2.00 bits per heavy atom. The molecule has 3 rings (SSSR count). The molecule has 1 aliphatic heterocycles. The molecule has 0 atom stereocenters. The van der Waals surface area contributed by atoms with Crippen molar-refractivity contribution in [3.8, 4) is 0 Å². The first-order valence-electron chi connectivity index (χ1n) is 7.56. The Morgan fingerprint density at radius 3 is 2.71 bits per heavy atom. The van der Waals surface area contributed by atoms with Crippen LogP contribution in [0, 0.1) is 20.8 Å². The average Bonchev–Trinajstić information content (AvgIpc) is 2.76. The van der Waals surface area contributed by atoms with Crippen LogP contribution in [-0.2, 0) is 13.0 Å². The second-order valence-electron chi connectivity index (χ2n) is 5.96. The summed E-state index contributed by atoms with van der Waals surface area (Å²) in [5.74, 6) is 0. The van der Waals surface area contributed by atoms with Gasteiger partial charge in [0.15, 0.2) is 0 Å². The van der Waals surface area contributed by atoms with Gasteiger partial charge in [-0.3, -0.25) is 4.79 Å². The highest BCUT2D eigenvalue weighted by Gasteiger charge is 2.19. The summed E-state index contributed by atoms with van der Waals surface area (Å²) in [6.45, 7) is 9.16. The molecule has 3 nitrogen and oxygen atoms in total. The van der Waals surface area contributed by atoms with Gasteiger partial charge in [0.2, 0.25) is 0 Å². The molecule has 0 radical (unpaired) electrons. The molecule has 4 heteroatoms. The van der Waals surface area contributed by atoms with Gasteiger partial charge in [0.25, 0.3) is 0 Å². The van der Waals surface area contributed by atoms with E-state index in [0.717, 1.165) is 25.3 Å². The molecule has 112 valence electrons. The number of hydrogen-bond acceptors (Lipinski definition) is 3. The van der Waals surface area contributed by atoms with E-state index < -0.39 is 0 Å². The Bertz CT molecular complexity index is 714. The third kappa shape index (κ3) is 2.77. The van der Waals surface area contributed by atoms with E-state index in [2.05, 4.69) is 30.9 Å². The first-order chi connectivity index (χ1) is 10.1. The van der Waals surface area contributed by atoms with Crippen molar-refractivity contribution in [3.05, 3.63) is 49.6 Å². The van der Waals surface area contributed by atoms with Crippen LogP contribution in [0.25, 0.3) is 0 Å². The van der Waals surface area contributed by atoms with Crippen LogP contribution in [0.2, 0.25) is 0 Å². The largest absolute Gasteiger partial charge is 0.369 e. The smallest absolute Gasteiger partial charge is 0.307 e. The van der Waals surface area contributed by atoms with Crippen LogP contribution in [0.15, 0.2) is 22.3 Å². The van der Waals surface area contributed by atoms with Gasteiger partial charge in [-0.1, -0.05) is 17.4 Å². The standard InChI is InChI=1S/C17H22N2OS/c1-12-9-13(2)15-5-4-6-18(16(15)10-12)7-8-19-14(3)11-21-17(19)20/h9-11H,4-8H2,1-3H3. The lowest BCUT2D eigenvalue weighted by molar-refractivity contribution is 0.608. The van der Waals surface area contributed by atoms with E-state index in [4.69, 9.17) is 0 Å². The molecule has 1 aromatic heterocycles. The molecule has 0 fully saturated rings. The molecule has 0 aliphatic carbocycles. The van der Waals surface area contributed by atoms with Crippen LogP contribution in [0.3, 0.4) is 0 Å². The number of aryl methyl sites for hydroxylation is 3. The highest BCUT2D eigenvalue weighted by atomic mass is 32.1. The number of hydrogen-bond donors (Lipinski definition) is 0. The van der Waals surface area contributed by atoms with E-state index in [1.165, 1.54) is 46.6 Å². The lowest BCUT2D eigenvalue weighted by Crippen LogP contribution is -2.34. The Labute approximate surface area is 129 Å². The minimum absolute atomic E-state index is 0.158. The first-order valence-corrected chi connectivity index (χ1v) is 8.44. The predicted octanol–water partition coefficient (Wildman–Crippen LogP) is 3.29. The first kappa shape index (κ1) is 14.4. The van der Waals surface area contributed by atoms with Gasteiger partial charge in [0.1, 0.15) is 0 Å². The van der Waals surface area contributed by atoms with Crippen molar-refractivity contribution in [2.24, 2.45) is 0 Å². The summed E-state index contributed by atoms with van der Waals surface area (Å²) in [6.07, 6.45) is 2.38. The summed E-state index contributed by atoms with van der Waals surface area (Å²) in [4.78, 5) is 14.4. The van der Waals surface area contributed by atoms with E-state index in [-0.39, 0.29) is 4.87 Å².